The number of hydrogen-bond acceptors (Lipinski definition) is 4. The first-order valence-electron chi connectivity index (χ1n) is 8.43. The van der Waals surface area contributed by atoms with Crippen molar-refractivity contribution in [2.24, 2.45) is 0 Å². The van der Waals surface area contributed by atoms with Crippen LogP contribution in [0.25, 0.3) is 0 Å². The molecule has 0 spiro atoms. The van der Waals surface area contributed by atoms with Gasteiger partial charge in [-0.25, -0.2) is 13.1 Å². The summed E-state index contributed by atoms with van der Waals surface area (Å²) in [5.74, 6) is 0.0958. The van der Waals surface area contributed by atoms with Crippen LogP contribution in [0.3, 0.4) is 0 Å². The van der Waals surface area contributed by atoms with E-state index in [0.29, 0.717) is 18.7 Å². The fourth-order valence-electron chi connectivity index (χ4n) is 2.50. The van der Waals surface area contributed by atoms with Gasteiger partial charge in [0.1, 0.15) is 5.75 Å². The third-order valence-corrected chi connectivity index (χ3v) is 5.35. The first kappa shape index (κ1) is 21.3. The van der Waals surface area contributed by atoms with Crippen molar-refractivity contribution in [1.29, 1.82) is 0 Å². The Morgan fingerprint density at radius 3 is 2.22 bits per heavy atom. The maximum Gasteiger partial charge on any atom is 0.387 e. The van der Waals surface area contributed by atoms with Crippen molar-refractivity contribution in [3.8, 4) is 5.75 Å². The molecule has 0 aliphatic carbocycles. The number of rotatable bonds is 8. The number of benzene rings is 2. The van der Waals surface area contributed by atoms with E-state index in [0.717, 1.165) is 5.56 Å². The predicted octanol–water partition coefficient (Wildman–Crippen LogP) is 3.65. The van der Waals surface area contributed by atoms with Crippen molar-refractivity contribution < 1.29 is 21.9 Å². The third-order valence-electron chi connectivity index (χ3n) is 3.50. The molecule has 0 aliphatic heterocycles. The van der Waals surface area contributed by atoms with Crippen molar-refractivity contribution >= 4 is 10.0 Å². The lowest BCUT2D eigenvalue weighted by atomic mass is 10.1. The van der Waals surface area contributed by atoms with E-state index in [1.807, 2.05) is 0 Å². The summed E-state index contributed by atoms with van der Waals surface area (Å²) >= 11 is 0. The molecule has 0 heterocycles. The highest BCUT2D eigenvalue weighted by atomic mass is 32.2. The Balaban J connectivity index is 2.03. The molecule has 0 aliphatic rings. The maximum absolute atomic E-state index is 12.6. The molecular formula is C19H24F2N2O3S. The van der Waals surface area contributed by atoms with Gasteiger partial charge in [-0.3, -0.25) is 0 Å². The normalized spacial score (nSPS) is 12.4. The Kier molecular flexibility index (Phi) is 6.91. The monoisotopic (exact) mass is 398 g/mol. The Labute approximate surface area is 158 Å². The number of nitrogens with one attached hydrogen (secondary N) is 2. The van der Waals surface area contributed by atoms with Crippen molar-refractivity contribution in [2.75, 3.05) is 0 Å². The summed E-state index contributed by atoms with van der Waals surface area (Å²) in [7, 11) is -3.64. The molecule has 0 saturated carbocycles. The fourth-order valence-corrected chi connectivity index (χ4v) is 4.16. The van der Waals surface area contributed by atoms with Crippen LogP contribution in [-0.2, 0) is 23.1 Å². The molecule has 2 aromatic rings. The molecule has 2 N–H and O–H groups in total. The lowest BCUT2D eigenvalue weighted by Crippen LogP contribution is -2.40. The number of alkyl halides is 2. The van der Waals surface area contributed by atoms with E-state index in [1.165, 1.54) is 12.1 Å². The Morgan fingerprint density at radius 2 is 1.63 bits per heavy atom. The van der Waals surface area contributed by atoms with E-state index in [9.17, 15) is 17.2 Å². The molecule has 0 aromatic heterocycles. The summed E-state index contributed by atoms with van der Waals surface area (Å²) in [5.41, 5.74) is 0.929. The van der Waals surface area contributed by atoms with E-state index in [4.69, 9.17) is 0 Å². The third kappa shape index (κ3) is 6.89. The van der Waals surface area contributed by atoms with E-state index < -0.39 is 22.2 Å². The first-order chi connectivity index (χ1) is 12.6. The van der Waals surface area contributed by atoms with Gasteiger partial charge in [0.25, 0.3) is 0 Å². The van der Waals surface area contributed by atoms with Gasteiger partial charge >= 0.3 is 6.61 Å². The zero-order valence-corrected chi connectivity index (χ0v) is 16.3. The lowest BCUT2D eigenvalue weighted by Gasteiger charge is -2.21. The standard InChI is InChI=1S/C19H24F2N2O3S/c1-19(2,3)23-27(24,25)17-7-5-4-6-15(17)13-22-12-14-8-10-16(11-9-14)26-18(20)21/h4-11,18,22-23H,12-13H2,1-3H3. The average Bonchev–Trinajstić information content (AvgIpc) is 2.54. The maximum atomic E-state index is 12.6. The van der Waals surface area contributed by atoms with Crippen LogP contribution in [0.2, 0.25) is 0 Å². The van der Waals surface area contributed by atoms with Crippen molar-refractivity contribution in [2.45, 2.75) is 50.9 Å². The molecule has 0 amide bonds. The van der Waals surface area contributed by atoms with Gasteiger partial charge in [0.2, 0.25) is 10.0 Å². The van der Waals surface area contributed by atoms with Crippen LogP contribution in [0.5, 0.6) is 5.75 Å². The van der Waals surface area contributed by atoms with Gasteiger partial charge in [-0.1, -0.05) is 30.3 Å². The molecule has 0 saturated heterocycles. The highest BCUT2D eigenvalue weighted by Crippen LogP contribution is 2.18. The molecule has 0 fully saturated rings. The number of hydrogen-bond donors (Lipinski definition) is 2. The van der Waals surface area contributed by atoms with E-state index in [-0.39, 0.29) is 10.6 Å². The minimum Gasteiger partial charge on any atom is -0.435 e. The quantitative estimate of drug-likeness (QED) is 0.712. The smallest absolute Gasteiger partial charge is 0.387 e. The summed E-state index contributed by atoms with van der Waals surface area (Å²) in [4.78, 5) is 0.230. The van der Waals surface area contributed by atoms with Crippen LogP contribution < -0.4 is 14.8 Å². The SMILES string of the molecule is CC(C)(C)NS(=O)(=O)c1ccccc1CNCc1ccc(OC(F)F)cc1. The van der Waals surface area contributed by atoms with Crippen molar-refractivity contribution in [1.82, 2.24) is 10.0 Å². The van der Waals surface area contributed by atoms with Crippen LogP contribution in [0, 0.1) is 0 Å². The lowest BCUT2D eigenvalue weighted by molar-refractivity contribution is -0.0498. The minimum absolute atomic E-state index is 0.0958. The van der Waals surface area contributed by atoms with Gasteiger partial charge in [-0.2, -0.15) is 8.78 Å². The minimum atomic E-state index is -3.64. The van der Waals surface area contributed by atoms with Crippen LogP contribution in [0.15, 0.2) is 53.4 Å². The highest BCUT2D eigenvalue weighted by molar-refractivity contribution is 7.89. The Morgan fingerprint density at radius 1 is 1.00 bits per heavy atom. The highest BCUT2D eigenvalue weighted by Gasteiger charge is 2.24. The first-order valence-corrected chi connectivity index (χ1v) is 9.91. The van der Waals surface area contributed by atoms with Crippen LogP contribution in [0.1, 0.15) is 31.9 Å². The summed E-state index contributed by atoms with van der Waals surface area (Å²) in [6.07, 6.45) is 0. The van der Waals surface area contributed by atoms with Crippen LogP contribution in [0.4, 0.5) is 8.78 Å². The number of ether oxygens (including phenoxy) is 1. The van der Waals surface area contributed by atoms with Gasteiger partial charge in [0, 0.05) is 18.6 Å². The zero-order chi connectivity index (χ0) is 20.1. The number of sulfonamides is 1. The van der Waals surface area contributed by atoms with Gasteiger partial charge in [-0.15, -0.1) is 0 Å². The van der Waals surface area contributed by atoms with E-state index >= 15 is 0 Å². The molecule has 0 atom stereocenters. The van der Waals surface area contributed by atoms with Crippen LogP contribution in [-0.4, -0.2) is 20.6 Å². The summed E-state index contributed by atoms with van der Waals surface area (Å²) in [6, 6.07) is 13.1. The van der Waals surface area contributed by atoms with Gasteiger partial charge < -0.3 is 10.1 Å². The van der Waals surface area contributed by atoms with E-state index in [2.05, 4.69) is 14.8 Å². The molecule has 2 aromatic carbocycles. The Hall–Kier alpha value is -2.03. The van der Waals surface area contributed by atoms with Gasteiger partial charge in [0.05, 0.1) is 4.90 Å². The molecule has 8 heteroatoms. The molecular weight excluding hydrogens is 374 g/mol. The fraction of sp³-hybridized carbons (Fsp3) is 0.368. The summed E-state index contributed by atoms with van der Waals surface area (Å²) in [5, 5.41) is 3.17. The molecule has 5 nitrogen and oxygen atoms in total. The van der Waals surface area contributed by atoms with E-state index in [1.54, 1.807) is 57.2 Å². The molecule has 27 heavy (non-hydrogen) atoms. The molecule has 0 radical (unpaired) electrons. The largest absolute Gasteiger partial charge is 0.435 e. The molecule has 148 valence electrons. The van der Waals surface area contributed by atoms with Crippen LogP contribution >= 0.6 is 0 Å². The average molecular weight is 398 g/mol. The van der Waals surface area contributed by atoms with Crippen molar-refractivity contribution in [3.63, 3.8) is 0 Å². The molecule has 0 bridgehead atoms. The summed E-state index contributed by atoms with van der Waals surface area (Å²) < 4.78 is 56.5. The second-order valence-corrected chi connectivity index (χ2v) is 8.74. The molecule has 2 rings (SSSR count). The predicted molar refractivity (Wildman–Crippen MR) is 100 cm³/mol. The number of halogens is 2. The van der Waals surface area contributed by atoms with Crippen molar-refractivity contribution in [3.05, 3.63) is 59.7 Å². The van der Waals surface area contributed by atoms with Gasteiger partial charge in [-0.05, 0) is 50.1 Å². The summed E-state index contributed by atoms with van der Waals surface area (Å²) in [6.45, 7) is 3.30. The topological polar surface area (TPSA) is 67.4 Å². The molecule has 0 unspecified atom stereocenters. The second-order valence-electron chi connectivity index (χ2n) is 7.09. The Bertz CT molecular complexity index is 848. The van der Waals surface area contributed by atoms with Gasteiger partial charge in [0.15, 0.2) is 0 Å². The second kappa shape index (κ2) is 8.77. The zero-order valence-electron chi connectivity index (χ0n) is 15.5.